The molecule has 2 N–H and O–H groups in total. The lowest BCUT2D eigenvalue weighted by Crippen LogP contribution is -2.60. The third-order valence-corrected chi connectivity index (χ3v) is 4.44. The lowest BCUT2D eigenvalue weighted by atomic mass is 9.87. The predicted molar refractivity (Wildman–Crippen MR) is 71.7 cm³/mol. The van der Waals surface area contributed by atoms with Gasteiger partial charge in [-0.15, -0.1) is 0 Å². The molecule has 2 saturated heterocycles. The van der Waals surface area contributed by atoms with Gasteiger partial charge in [0.2, 0.25) is 5.91 Å². The zero-order valence-corrected chi connectivity index (χ0v) is 11.4. The van der Waals surface area contributed by atoms with Crippen molar-refractivity contribution in [2.45, 2.75) is 37.6 Å². The van der Waals surface area contributed by atoms with E-state index in [1.807, 2.05) is 0 Å². The van der Waals surface area contributed by atoms with Gasteiger partial charge in [-0.2, -0.15) is 0 Å². The third-order valence-electron chi connectivity index (χ3n) is 4.44. The first kappa shape index (κ1) is 13.1. The third kappa shape index (κ3) is 2.19. The summed E-state index contributed by atoms with van der Waals surface area (Å²) in [5, 5.41) is 4.98. The molecule has 0 aromatic carbocycles. The number of carbonyl (C=O) groups excluding carboxylic acids is 3. The SMILES string of the molecule is O=C1NC(=O)C2(CCCN(C(=O)C3CC=CCC3)C2)N1. The van der Waals surface area contributed by atoms with Crippen LogP contribution in [-0.2, 0) is 9.59 Å². The van der Waals surface area contributed by atoms with E-state index in [0.29, 0.717) is 19.5 Å². The Labute approximate surface area is 117 Å². The molecule has 0 aromatic rings. The summed E-state index contributed by atoms with van der Waals surface area (Å²) < 4.78 is 0. The zero-order chi connectivity index (χ0) is 14.2. The topological polar surface area (TPSA) is 78.5 Å². The molecule has 1 aliphatic carbocycles. The number of urea groups is 1. The maximum Gasteiger partial charge on any atom is 0.322 e. The number of nitrogens with one attached hydrogen (secondary N) is 2. The van der Waals surface area contributed by atoms with Crippen LogP contribution >= 0.6 is 0 Å². The van der Waals surface area contributed by atoms with Crippen LogP contribution in [0, 0.1) is 5.92 Å². The van der Waals surface area contributed by atoms with Crippen molar-refractivity contribution in [3.05, 3.63) is 12.2 Å². The van der Waals surface area contributed by atoms with Gasteiger partial charge in [0, 0.05) is 12.5 Å². The Bertz CT molecular complexity index is 488. The molecule has 0 bridgehead atoms. The summed E-state index contributed by atoms with van der Waals surface area (Å²) in [4.78, 5) is 37.6. The van der Waals surface area contributed by atoms with Gasteiger partial charge in [-0.25, -0.2) is 4.79 Å². The molecule has 0 saturated carbocycles. The average molecular weight is 277 g/mol. The number of amides is 4. The Morgan fingerprint density at radius 3 is 2.85 bits per heavy atom. The van der Waals surface area contributed by atoms with Crippen molar-refractivity contribution in [2.75, 3.05) is 13.1 Å². The van der Waals surface area contributed by atoms with E-state index in [4.69, 9.17) is 0 Å². The summed E-state index contributed by atoms with van der Waals surface area (Å²) in [6.07, 6.45) is 8.08. The molecule has 2 aliphatic heterocycles. The van der Waals surface area contributed by atoms with Crippen molar-refractivity contribution in [3.63, 3.8) is 0 Å². The fourth-order valence-corrected chi connectivity index (χ4v) is 3.34. The van der Waals surface area contributed by atoms with Crippen molar-refractivity contribution in [1.29, 1.82) is 0 Å². The van der Waals surface area contributed by atoms with Gasteiger partial charge >= 0.3 is 6.03 Å². The Balaban J connectivity index is 1.72. The molecule has 6 nitrogen and oxygen atoms in total. The summed E-state index contributed by atoms with van der Waals surface area (Å²) in [6, 6.07) is -0.454. The van der Waals surface area contributed by atoms with Crippen LogP contribution in [-0.4, -0.2) is 41.4 Å². The van der Waals surface area contributed by atoms with E-state index in [1.165, 1.54) is 0 Å². The van der Waals surface area contributed by atoms with E-state index in [9.17, 15) is 14.4 Å². The van der Waals surface area contributed by atoms with E-state index >= 15 is 0 Å². The van der Waals surface area contributed by atoms with Gasteiger partial charge in [0.05, 0.1) is 6.54 Å². The van der Waals surface area contributed by atoms with Gasteiger partial charge in [-0.3, -0.25) is 14.9 Å². The van der Waals surface area contributed by atoms with Crippen molar-refractivity contribution in [1.82, 2.24) is 15.5 Å². The smallest absolute Gasteiger partial charge is 0.322 e. The first-order valence-electron chi connectivity index (χ1n) is 7.18. The van der Waals surface area contributed by atoms with Crippen molar-refractivity contribution >= 4 is 17.8 Å². The minimum Gasteiger partial charge on any atom is -0.340 e. The minimum absolute atomic E-state index is 0.0234. The van der Waals surface area contributed by atoms with E-state index in [-0.39, 0.29) is 17.7 Å². The van der Waals surface area contributed by atoms with Gasteiger partial charge < -0.3 is 10.2 Å². The number of carbonyl (C=O) groups is 3. The molecule has 3 aliphatic rings. The van der Waals surface area contributed by atoms with Crippen LogP contribution in [0.25, 0.3) is 0 Å². The first-order chi connectivity index (χ1) is 9.61. The zero-order valence-electron chi connectivity index (χ0n) is 11.4. The number of hydrogen-bond acceptors (Lipinski definition) is 3. The second kappa shape index (κ2) is 4.92. The Morgan fingerprint density at radius 2 is 2.20 bits per heavy atom. The highest BCUT2D eigenvalue weighted by Crippen LogP contribution is 2.28. The van der Waals surface area contributed by atoms with Crippen LogP contribution in [0.1, 0.15) is 32.1 Å². The Morgan fingerprint density at radius 1 is 1.35 bits per heavy atom. The van der Waals surface area contributed by atoms with Gasteiger partial charge in [0.25, 0.3) is 5.91 Å². The molecule has 0 aromatic heterocycles. The number of rotatable bonds is 1. The van der Waals surface area contributed by atoms with Crippen molar-refractivity contribution < 1.29 is 14.4 Å². The fraction of sp³-hybridized carbons (Fsp3) is 0.643. The second-order valence-electron chi connectivity index (χ2n) is 5.84. The minimum atomic E-state index is -0.907. The fourth-order valence-electron chi connectivity index (χ4n) is 3.34. The number of allylic oxidation sites excluding steroid dienone is 2. The maximum atomic E-state index is 12.5. The second-order valence-corrected chi connectivity index (χ2v) is 5.84. The van der Waals surface area contributed by atoms with Crippen LogP contribution in [0.5, 0.6) is 0 Å². The highest BCUT2D eigenvalue weighted by molar-refractivity contribution is 6.07. The van der Waals surface area contributed by atoms with E-state index in [2.05, 4.69) is 22.8 Å². The number of piperidine rings is 1. The molecule has 2 atom stereocenters. The van der Waals surface area contributed by atoms with Crippen molar-refractivity contribution in [3.8, 4) is 0 Å². The lowest BCUT2D eigenvalue weighted by Gasteiger charge is -2.39. The highest BCUT2D eigenvalue weighted by Gasteiger charge is 2.49. The molecule has 2 unspecified atom stereocenters. The summed E-state index contributed by atoms with van der Waals surface area (Å²) in [5.74, 6) is -0.166. The lowest BCUT2D eigenvalue weighted by molar-refractivity contribution is -0.140. The van der Waals surface area contributed by atoms with E-state index < -0.39 is 11.6 Å². The van der Waals surface area contributed by atoms with Gasteiger partial charge in [0.15, 0.2) is 0 Å². The first-order valence-corrected chi connectivity index (χ1v) is 7.18. The van der Waals surface area contributed by atoms with Crippen LogP contribution in [0.15, 0.2) is 12.2 Å². The summed E-state index contributed by atoms with van der Waals surface area (Å²) in [6.45, 7) is 0.966. The highest BCUT2D eigenvalue weighted by atomic mass is 16.2. The molecule has 20 heavy (non-hydrogen) atoms. The predicted octanol–water partition coefficient (Wildman–Crippen LogP) is 0.543. The molecular weight excluding hydrogens is 258 g/mol. The van der Waals surface area contributed by atoms with Crippen LogP contribution < -0.4 is 10.6 Å². The monoisotopic (exact) mass is 277 g/mol. The van der Waals surface area contributed by atoms with Crippen molar-refractivity contribution in [2.24, 2.45) is 5.92 Å². The molecule has 0 radical (unpaired) electrons. The van der Waals surface area contributed by atoms with Crippen LogP contribution in [0.4, 0.5) is 4.79 Å². The van der Waals surface area contributed by atoms with Crippen LogP contribution in [0.3, 0.4) is 0 Å². The van der Waals surface area contributed by atoms with Gasteiger partial charge in [-0.05, 0) is 32.1 Å². The standard InChI is InChI=1S/C14H19N3O3/c18-11(10-5-2-1-3-6-10)17-8-4-7-14(9-17)12(19)15-13(20)16-14/h1-2,10H,3-9H2,(H2,15,16,19,20). The molecule has 3 rings (SSSR count). The number of hydrogen-bond donors (Lipinski definition) is 2. The number of nitrogens with zero attached hydrogens (tertiary/aromatic N) is 1. The normalized spacial score (nSPS) is 33.2. The van der Waals surface area contributed by atoms with Crippen LogP contribution in [0.2, 0.25) is 0 Å². The molecule has 6 heteroatoms. The Hall–Kier alpha value is -1.85. The van der Waals surface area contributed by atoms with E-state index in [1.54, 1.807) is 4.90 Å². The molecule has 1 spiro atoms. The molecule has 2 fully saturated rings. The largest absolute Gasteiger partial charge is 0.340 e. The molecule has 4 amide bonds. The van der Waals surface area contributed by atoms with Gasteiger partial charge in [0.1, 0.15) is 5.54 Å². The van der Waals surface area contributed by atoms with E-state index in [0.717, 1.165) is 25.7 Å². The summed E-state index contributed by atoms with van der Waals surface area (Å²) >= 11 is 0. The molecular formula is C14H19N3O3. The number of imide groups is 1. The Kier molecular flexibility index (Phi) is 3.23. The maximum absolute atomic E-state index is 12.5. The quantitative estimate of drug-likeness (QED) is 0.542. The average Bonchev–Trinajstić information content (AvgIpc) is 2.73. The molecule has 2 heterocycles. The molecule has 108 valence electrons. The summed E-state index contributed by atoms with van der Waals surface area (Å²) in [5.41, 5.74) is -0.907. The summed E-state index contributed by atoms with van der Waals surface area (Å²) in [7, 11) is 0. The number of likely N-dealkylation sites (tertiary alicyclic amines) is 1. The van der Waals surface area contributed by atoms with Gasteiger partial charge in [-0.1, -0.05) is 12.2 Å².